The molecule has 6 nitrogen and oxygen atoms in total. The number of carbonyl (C=O) groups is 2. The van der Waals surface area contributed by atoms with E-state index < -0.39 is 5.97 Å². The van der Waals surface area contributed by atoms with Gasteiger partial charge < -0.3 is 19.3 Å². The van der Waals surface area contributed by atoms with Gasteiger partial charge in [0.05, 0.1) is 12.5 Å². The molecular formula is C14H20N2O4. The third-order valence-corrected chi connectivity index (χ3v) is 3.49. The van der Waals surface area contributed by atoms with E-state index in [4.69, 9.17) is 9.84 Å². The van der Waals surface area contributed by atoms with Crippen LogP contribution in [0.15, 0.2) is 18.3 Å². The highest BCUT2D eigenvalue weighted by Gasteiger charge is 2.24. The Hall–Kier alpha value is -1.82. The summed E-state index contributed by atoms with van der Waals surface area (Å²) in [5.74, 6) is -1.05. The number of nitrogens with zero attached hydrogens (tertiary/aromatic N) is 2. The molecule has 0 aliphatic carbocycles. The molecule has 6 heteroatoms. The SMILES string of the molecule is Cn1cccc1C(=O)N(CCC(=O)O)C[C@H]1CCCO1. The largest absolute Gasteiger partial charge is 0.481 e. The van der Waals surface area contributed by atoms with Gasteiger partial charge in [0.25, 0.3) is 5.91 Å². The van der Waals surface area contributed by atoms with E-state index in [0.29, 0.717) is 12.2 Å². The number of amides is 1. The van der Waals surface area contributed by atoms with Crippen molar-refractivity contribution in [2.24, 2.45) is 7.05 Å². The Morgan fingerprint density at radius 1 is 1.55 bits per heavy atom. The van der Waals surface area contributed by atoms with E-state index in [-0.39, 0.29) is 25.0 Å². The van der Waals surface area contributed by atoms with Crippen molar-refractivity contribution < 1.29 is 19.4 Å². The number of carboxylic acids is 1. The lowest BCUT2D eigenvalue weighted by molar-refractivity contribution is -0.137. The van der Waals surface area contributed by atoms with Crippen LogP contribution in [-0.4, -0.2) is 52.3 Å². The van der Waals surface area contributed by atoms with Crippen molar-refractivity contribution in [2.45, 2.75) is 25.4 Å². The predicted molar refractivity (Wildman–Crippen MR) is 72.5 cm³/mol. The molecule has 1 atom stereocenters. The van der Waals surface area contributed by atoms with Gasteiger partial charge in [-0.05, 0) is 25.0 Å². The number of aromatic nitrogens is 1. The van der Waals surface area contributed by atoms with Crippen molar-refractivity contribution >= 4 is 11.9 Å². The number of ether oxygens (including phenoxy) is 1. The van der Waals surface area contributed by atoms with E-state index in [1.54, 1.807) is 34.8 Å². The molecule has 1 saturated heterocycles. The Kier molecular flexibility index (Phi) is 4.79. The Morgan fingerprint density at radius 2 is 2.35 bits per heavy atom. The Balaban J connectivity index is 2.05. The molecular weight excluding hydrogens is 260 g/mol. The van der Waals surface area contributed by atoms with Crippen LogP contribution in [-0.2, 0) is 16.6 Å². The van der Waals surface area contributed by atoms with Crippen LogP contribution in [0.1, 0.15) is 29.8 Å². The lowest BCUT2D eigenvalue weighted by atomic mass is 10.2. The van der Waals surface area contributed by atoms with Gasteiger partial charge in [0.1, 0.15) is 5.69 Å². The van der Waals surface area contributed by atoms with Crippen molar-refractivity contribution in [2.75, 3.05) is 19.7 Å². The molecule has 0 aromatic carbocycles. The maximum Gasteiger partial charge on any atom is 0.305 e. The maximum absolute atomic E-state index is 12.5. The van der Waals surface area contributed by atoms with Gasteiger partial charge in [0, 0.05) is 32.9 Å². The first-order chi connectivity index (χ1) is 9.58. The van der Waals surface area contributed by atoms with Crippen molar-refractivity contribution in [1.29, 1.82) is 0 Å². The first kappa shape index (κ1) is 14.6. The van der Waals surface area contributed by atoms with E-state index in [0.717, 1.165) is 19.4 Å². The summed E-state index contributed by atoms with van der Waals surface area (Å²) in [6, 6.07) is 3.54. The molecule has 0 spiro atoms. The summed E-state index contributed by atoms with van der Waals surface area (Å²) < 4.78 is 7.28. The quantitative estimate of drug-likeness (QED) is 0.847. The highest BCUT2D eigenvalue weighted by Crippen LogP contribution is 2.15. The Morgan fingerprint density at radius 3 is 2.90 bits per heavy atom. The number of hydrogen-bond donors (Lipinski definition) is 1. The van der Waals surface area contributed by atoms with Crippen molar-refractivity contribution in [3.05, 3.63) is 24.0 Å². The average molecular weight is 280 g/mol. The highest BCUT2D eigenvalue weighted by atomic mass is 16.5. The van der Waals surface area contributed by atoms with Gasteiger partial charge in [-0.3, -0.25) is 9.59 Å². The first-order valence-electron chi connectivity index (χ1n) is 6.82. The zero-order valence-corrected chi connectivity index (χ0v) is 11.6. The van der Waals surface area contributed by atoms with Gasteiger partial charge in [-0.2, -0.15) is 0 Å². The monoisotopic (exact) mass is 280 g/mol. The van der Waals surface area contributed by atoms with Crippen molar-refractivity contribution in [1.82, 2.24) is 9.47 Å². The van der Waals surface area contributed by atoms with E-state index in [2.05, 4.69) is 0 Å². The minimum absolute atomic E-state index is 0.0213. The minimum atomic E-state index is -0.901. The summed E-state index contributed by atoms with van der Waals surface area (Å²) in [7, 11) is 1.80. The van der Waals surface area contributed by atoms with Gasteiger partial charge in [-0.1, -0.05) is 0 Å². The molecule has 1 amide bonds. The third kappa shape index (κ3) is 3.60. The van der Waals surface area contributed by atoms with Crippen LogP contribution in [0, 0.1) is 0 Å². The van der Waals surface area contributed by atoms with Gasteiger partial charge >= 0.3 is 5.97 Å². The van der Waals surface area contributed by atoms with Crippen LogP contribution in [0.2, 0.25) is 0 Å². The van der Waals surface area contributed by atoms with Gasteiger partial charge in [0.15, 0.2) is 0 Å². The lowest BCUT2D eigenvalue weighted by Gasteiger charge is -2.25. The predicted octanol–water partition coefficient (Wildman–Crippen LogP) is 1.12. The zero-order chi connectivity index (χ0) is 14.5. The second kappa shape index (κ2) is 6.56. The molecule has 1 N–H and O–H groups in total. The topological polar surface area (TPSA) is 71.8 Å². The van der Waals surface area contributed by atoms with Crippen LogP contribution < -0.4 is 0 Å². The fourth-order valence-electron chi connectivity index (χ4n) is 2.39. The molecule has 1 aromatic rings. The van der Waals surface area contributed by atoms with Gasteiger partial charge in [-0.25, -0.2) is 0 Å². The Bertz CT molecular complexity index is 477. The molecule has 1 fully saturated rings. The summed E-state index contributed by atoms with van der Waals surface area (Å²) in [6.45, 7) is 1.38. The van der Waals surface area contributed by atoms with Crippen LogP contribution in [0.5, 0.6) is 0 Å². The molecule has 1 aromatic heterocycles. The fourth-order valence-corrected chi connectivity index (χ4v) is 2.39. The summed E-state index contributed by atoms with van der Waals surface area (Å²) in [5, 5.41) is 8.82. The Labute approximate surface area is 117 Å². The molecule has 0 unspecified atom stereocenters. The smallest absolute Gasteiger partial charge is 0.305 e. The molecule has 110 valence electrons. The molecule has 20 heavy (non-hydrogen) atoms. The summed E-state index contributed by atoms with van der Waals surface area (Å²) in [4.78, 5) is 24.8. The molecule has 1 aliphatic rings. The van der Waals surface area contributed by atoms with Crippen LogP contribution >= 0.6 is 0 Å². The molecule has 1 aliphatic heterocycles. The normalized spacial score (nSPS) is 18.1. The van der Waals surface area contributed by atoms with Gasteiger partial charge in [0.2, 0.25) is 0 Å². The standard InChI is InChI=1S/C14H20N2O4/c1-15-7-2-5-12(15)14(19)16(8-6-13(17)18)10-11-4-3-9-20-11/h2,5,7,11H,3-4,6,8-10H2,1H3,(H,17,18)/t11-/m1/s1. The highest BCUT2D eigenvalue weighted by molar-refractivity contribution is 5.93. The van der Waals surface area contributed by atoms with Crippen molar-refractivity contribution in [3.8, 4) is 0 Å². The second-order valence-corrected chi connectivity index (χ2v) is 5.03. The number of aliphatic carboxylic acids is 1. The number of rotatable bonds is 6. The van der Waals surface area contributed by atoms with E-state index in [1.807, 2.05) is 0 Å². The number of carbonyl (C=O) groups excluding carboxylic acids is 1. The van der Waals surface area contributed by atoms with Crippen LogP contribution in [0.3, 0.4) is 0 Å². The minimum Gasteiger partial charge on any atom is -0.481 e. The fraction of sp³-hybridized carbons (Fsp3) is 0.571. The molecule has 2 rings (SSSR count). The summed E-state index contributed by atoms with van der Waals surface area (Å²) in [5.41, 5.74) is 0.563. The van der Waals surface area contributed by atoms with E-state index in [9.17, 15) is 9.59 Å². The number of carboxylic acid groups (broad SMARTS) is 1. The van der Waals surface area contributed by atoms with Crippen LogP contribution in [0.25, 0.3) is 0 Å². The molecule has 0 radical (unpaired) electrons. The van der Waals surface area contributed by atoms with E-state index in [1.165, 1.54) is 0 Å². The lowest BCUT2D eigenvalue weighted by Crippen LogP contribution is -2.39. The second-order valence-electron chi connectivity index (χ2n) is 5.03. The first-order valence-corrected chi connectivity index (χ1v) is 6.82. The zero-order valence-electron chi connectivity index (χ0n) is 11.6. The number of aryl methyl sites for hydroxylation is 1. The summed E-state index contributed by atoms with van der Waals surface area (Å²) >= 11 is 0. The van der Waals surface area contributed by atoms with Crippen molar-refractivity contribution in [3.63, 3.8) is 0 Å². The third-order valence-electron chi connectivity index (χ3n) is 3.49. The molecule has 0 bridgehead atoms. The summed E-state index contributed by atoms with van der Waals surface area (Å²) in [6.07, 6.45) is 3.69. The average Bonchev–Trinajstić information content (AvgIpc) is 3.04. The van der Waals surface area contributed by atoms with Crippen LogP contribution in [0.4, 0.5) is 0 Å². The van der Waals surface area contributed by atoms with Gasteiger partial charge in [-0.15, -0.1) is 0 Å². The maximum atomic E-state index is 12.5. The molecule has 0 saturated carbocycles. The van der Waals surface area contributed by atoms with E-state index >= 15 is 0 Å². The molecule has 2 heterocycles. The number of hydrogen-bond acceptors (Lipinski definition) is 3.